The molecule has 3 aromatic rings. The number of benzene rings is 1. The normalized spacial score (nSPS) is 15.1. The third-order valence-corrected chi connectivity index (χ3v) is 5.39. The number of carbonyl (C=O) groups is 1. The molecule has 0 radical (unpaired) electrons. The summed E-state index contributed by atoms with van der Waals surface area (Å²) < 4.78 is 7.82. The molecule has 1 aromatic carbocycles. The molecule has 6 heteroatoms. The zero-order valence-electron chi connectivity index (χ0n) is 17.3. The van der Waals surface area contributed by atoms with Gasteiger partial charge < -0.3 is 9.73 Å². The molecule has 0 saturated heterocycles. The number of nitrogens with one attached hydrogen (secondary N) is 1. The Hall–Kier alpha value is -2.86. The highest BCUT2D eigenvalue weighted by Gasteiger charge is 2.28. The molecule has 4 rings (SSSR count). The Morgan fingerprint density at radius 1 is 1.24 bits per heavy atom. The van der Waals surface area contributed by atoms with Crippen LogP contribution in [0.5, 0.6) is 0 Å². The molecule has 0 bridgehead atoms. The first-order valence-electron chi connectivity index (χ1n) is 10.2. The van der Waals surface area contributed by atoms with Crippen LogP contribution in [0.2, 0.25) is 0 Å². The van der Waals surface area contributed by atoms with Gasteiger partial charge >= 0.3 is 0 Å². The van der Waals surface area contributed by atoms with Crippen LogP contribution in [-0.2, 0) is 26.1 Å². The van der Waals surface area contributed by atoms with Crippen LogP contribution in [0, 0.1) is 13.8 Å². The van der Waals surface area contributed by atoms with Crippen molar-refractivity contribution >= 4 is 5.91 Å². The molecule has 0 spiro atoms. The lowest BCUT2D eigenvalue weighted by molar-refractivity contribution is 0.0932. The summed E-state index contributed by atoms with van der Waals surface area (Å²) in [6.07, 6.45) is 2.77. The molecule has 0 unspecified atom stereocenters. The summed E-state index contributed by atoms with van der Waals surface area (Å²) in [7, 11) is 0. The second-order valence-electron chi connectivity index (χ2n) is 7.93. The SMILES string of the molecule is Cc1ccn(C[C@@H](C)NC(=O)c2c(C)oc3c2CN(Cc2ccccc2)CC3)n1. The highest BCUT2D eigenvalue weighted by Crippen LogP contribution is 2.29. The Morgan fingerprint density at radius 2 is 2.03 bits per heavy atom. The third-order valence-electron chi connectivity index (χ3n) is 5.39. The lowest BCUT2D eigenvalue weighted by atomic mass is 10.0. The van der Waals surface area contributed by atoms with Gasteiger partial charge in [-0.2, -0.15) is 5.10 Å². The molecule has 2 aromatic heterocycles. The summed E-state index contributed by atoms with van der Waals surface area (Å²) in [5.41, 5.74) is 3.98. The summed E-state index contributed by atoms with van der Waals surface area (Å²) in [5.74, 6) is 1.59. The lowest BCUT2D eigenvalue weighted by Gasteiger charge is -2.26. The second kappa shape index (κ2) is 8.25. The molecule has 6 nitrogen and oxygen atoms in total. The molecule has 3 heterocycles. The van der Waals surface area contributed by atoms with Crippen LogP contribution in [0.3, 0.4) is 0 Å². The van der Waals surface area contributed by atoms with Gasteiger partial charge in [-0.15, -0.1) is 0 Å². The predicted molar refractivity (Wildman–Crippen MR) is 112 cm³/mol. The van der Waals surface area contributed by atoms with E-state index >= 15 is 0 Å². The minimum Gasteiger partial charge on any atom is -0.465 e. The molecule has 0 saturated carbocycles. The minimum atomic E-state index is -0.0644. The smallest absolute Gasteiger partial charge is 0.255 e. The Bertz CT molecular complexity index is 990. The van der Waals surface area contributed by atoms with Crippen LogP contribution in [-0.4, -0.2) is 33.2 Å². The maximum absolute atomic E-state index is 13.1. The fourth-order valence-electron chi connectivity index (χ4n) is 4.04. The summed E-state index contributed by atoms with van der Waals surface area (Å²) in [4.78, 5) is 15.4. The van der Waals surface area contributed by atoms with Crippen LogP contribution >= 0.6 is 0 Å². The molecule has 1 N–H and O–H groups in total. The van der Waals surface area contributed by atoms with E-state index in [0.29, 0.717) is 17.9 Å². The monoisotopic (exact) mass is 392 g/mol. The Morgan fingerprint density at radius 3 is 2.76 bits per heavy atom. The number of hydrogen-bond donors (Lipinski definition) is 1. The summed E-state index contributed by atoms with van der Waals surface area (Å²) in [6.45, 7) is 9.03. The number of nitrogens with zero attached hydrogens (tertiary/aromatic N) is 3. The Labute approximate surface area is 171 Å². The number of aryl methyl sites for hydroxylation is 2. The van der Waals surface area contributed by atoms with Gasteiger partial charge in [-0.3, -0.25) is 14.4 Å². The van der Waals surface area contributed by atoms with Crippen LogP contribution in [0.4, 0.5) is 0 Å². The van der Waals surface area contributed by atoms with E-state index in [9.17, 15) is 4.79 Å². The first kappa shape index (κ1) is 19.5. The molecule has 1 aliphatic rings. The van der Waals surface area contributed by atoms with E-state index in [1.54, 1.807) is 0 Å². The van der Waals surface area contributed by atoms with Crippen LogP contribution < -0.4 is 5.32 Å². The quantitative estimate of drug-likeness (QED) is 0.698. The first-order valence-corrected chi connectivity index (χ1v) is 10.2. The third kappa shape index (κ3) is 4.43. The molecule has 1 amide bonds. The van der Waals surface area contributed by atoms with Gasteiger partial charge in [0.2, 0.25) is 0 Å². The van der Waals surface area contributed by atoms with E-state index in [1.807, 2.05) is 43.8 Å². The van der Waals surface area contributed by atoms with Crippen molar-refractivity contribution in [3.63, 3.8) is 0 Å². The number of carbonyl (C=O) groups excluding carboxylic acids is 1. The van der Waals surface area contributed by atoms with Crippen molar-refractivity contribution in [1.82, 2.24) is 20.0 Å². The number of hydrogen-bond acceptors (Lipinski definition) is 4. The number of furan rings is 1. The van der Waals surface area contributed by atoms with E-state index in [1.165, 1.54) is 5.56 Å². The Balaban J connectivity index is 1.46. The van der Waals surface area contributed by atoms with Crippen LogP contribution in [0.15, 0.2) is 47.0 Å². The summed E-state index contributed by atoms with van der Waals surface area (Å²) in [6, 6.07) is 12.4. The fourth-order valence-corrected chi connectivity index (χ4v) is 4.04. The molecular weight excluding hydrogens is 364 g/mol. The van der Waals surface area contributed by atoms with Crippen molar-refractivity contribution in [2.45, 2.75) is 52.9 Å². The molecule has 152 valence electrons. The maximum atomic E-state index is 13.1. The summed E-state index contributed by atoms with van der Waals surface area (Å²) in [5, 5.41) is 7.52. The minimum absolute atomic E-state index is 0.0317. The van der Waals surface area contributed by atoms with E-state index in [2.05, 4.69) is 39.6 Å². The van der Waals surface area contributed by atoms with Crippen molar-refractivity contribution in [3.05, 3.63) is 76.5 Å². The second-order valence-corrected chi connectivity index (χ2v) is 7.93. The number of aromatic nitrogens is 2. The average molecular weight is 393 g/mol. The van der Waals surface area contributed by atoms with Crippen LogP contribution in [0.1, 0.15) is 45.6 Å². The average Bonchev–Trinajstić information content (AvgIpc) is 3.23. The van der Waals surface area contributed by atoms with E-state index < -0.39 is 0 Å². The zero-order chi connectivity index (χ0) is 20.4. The van der Waals surface area contributed by atoms with E-state index in [0.717, 1.165) is 43.1 Å². The largest absolute Gasteiger partial charge is 0.465 e. The van der Waals surface area contributed by atoms with Crippen molar-refractivity contribution in [3.8, 4) is 0 Å². The molecule has 1 aliphatic heterocycles. The van der Waals surface area contributed by atoms with Crippen molar-refractivity contribution in [1.29, 1.82) is 0 Å². The molecule has 1 atom stereocenters. The van der Waals surface area contributed by atoms with Gasteiger partial charge in [0.25, 0.3) is 5.91 Å². The van der Waals surface area contributed by atoms with Gasteiger partial charge in [0.15, 0.2) is 0 Å². The van der Waals surface area contributed by atoms with E-state index in [4.69, 9.17) is 4.42 Å². The van der Waals surface area contributed by atoms with Gasteiger partial charge in [-0.05, 0) is 32.4 Å². The standard InChI is InChI=1S/C23H28N4O2/c1-16-9-12-27(25-16)13-17(2)24-23(28)22-18(3)29-21-10-11-26(15-20(21)22)14-19-7-5-4-6-8-19/h4-9,12,17H,10-11,13-15H2,1-3H3,(H,24,28)/t17-/m1/s1. The van der Waals surface area contributed by atoms with Crippen molar-refractivity contribution in [2.24, 2.45) is 0 Å². The molecule has 0 fully saturated rings. The van der Waals surface area contributed by atoms with Crippen molar-refractivity contribution in [2.75, 3.05) is 6.54 Å². The van der Waals surface area contributed by atoms with Gasteiger partial charge in [0.1, 0.15) is 11.5 Å². The molecule has 0 aliphatic carbocycles. The van der Waals surface area contributed by atoms with Gasteiger partial charge in [-0.1, -0.05) is 30.3 Å². The lowest BCUT2D eigenvalue weighted by Crippen LogP contribution is -2.37. The topological polar surface area (TPSA) is 63.3 Å². The molecule has 29 heavy (non-hydrogen) atoms. The number of amides is 1. The first-order chi connectivity index (χ1) is 14.0. The van der Waals surface area contributed by atoms with Gasteiger partial charge in [-0.25, -0.2) is 0 Å². The van der Waals surface area contributed by atoms with Crippen molar-refractivity contribution < 1.29 is 9.21 Å². The highest BCUT2D eigenvalue weighted by molar-refractivity contribution is 5.97. The maximum Gasteiger partial charge on any atom is 0.255 e. The van der Waals surface area contributed by atoms with Gasteiger partial charge in [0, 0.05) is 43.9 Å². The number of rotatable bonds is 6. The van der Waals surface area contributed by atoms with Crippen LogP contribution in [0.25, 0.3) is 0 Å². The Kier molecular flexibility index (Phi) is 5.53. The fraction of sp³-hybridized carbons (Fsp3) is 0.391. The summed E-state index contributed by atoms with van der Waals surface area (Å²) >= 11 is 0. The van der Waals surface area contributed by atoms with Gasteiger partial charge in [0.05, 0.1) is 17.8 Å². The highest BCUT2D eigenvalue weighted by atomic mass is 16.3. The molecular formula is C23H28N4O2. The number of fused-ring (bicyclic) bond motifs is 1. The van der Waals surface area contributed by atoms with E-state index in [-0.39, 0.29) is 11.9 Å². The predicted octanol–water partition coefficient (Wildman–Crippen LogP) is 3.47. The zero-order valence-corrected chi connectivity index (χ0v) is 17.3.